The van der Waals surface area contributed by atoms with Crippen molar-refractivity contribution < 1.29 is 14.3 Å². The van der Waals surface area contributed by atoms with Gasteiger partial charge >= 0.3 is 11.8 Å². The summed E-state index contributed by atoms with van der Waals surface area (Å²) in [5.74, 6) is -1.02. The zero-order valence-electron chi connectivity index (χ0n) is 10.7. The van der Waals surface area contributed by atoms with E-state index in [1.54, 1.807) is 30.3 Å². The first-order valence-electron chi connectivity index (χ1n) is 5.72. The molecule has 2 N–H and O–H groups in total. The molecule has 0 unspecified atom stereocenters. The molecule has 102 valence electrons. The maximum absolute atomic E-state index is 11.7. The van der Waals surface area contributed by atoms with E-state index in [4.69, 9.17) is 4.74 Å². The molecule has 7 heteroatoms. The zero-order chi connectivity index (χ0) is 14.4. The number of aromatic nitrogens is 2. The van der Waals surface area contributed by atoms with Crippen LogP contribution in [0.15, 0.2) is 42.7 Å². The van der Waals surface area contributed by atoms with Gasteiger partial charge < -0.3 is 10.1 Å². The minimum atomic E-state index is -0.848. The molecule has 2 aromatic rings. The zero-order valence-corrected chi connectivity index (χ0v) is 10.7. The van der Waals surface area contributed by atoms with Crippen LogP contribution in [0.5, 0.6) is 5.75 Å². The highest BCUT2D eigenvalue weighted by atomic mass is 16.5. The highest BCUT2D eigenvalue weighted by Gasteiger charge is 2.15. The molecule has 0 saturated carbocycles. The highest BCUT2D eigenvalue weighted by molar-refractivity contribution is 6.43. The summed E-state index contributed by atoms with van der Waals surface area (Å²) >= 11 is 0. The second-order valence-corrected chi connectivity index (χ2v) is 3.71. The molecule has 0 bridgehead atoms. The highest BCUT2D eigenvalue weighted by Crippen LogP contribution is 2.16. The average molecular weight is 272 g/mol. The van der Waals surface area contributed by atoms with Crippen LogP contribution in [0.4, 0.5) is 11.6 Å². The number of hydrogen-bond acceptors (Lipinski definition) is 5. The molecule has 20 heavy (non-hydrogen) atoms. The maximum atomic E-state index is 11.7. The van der Waals surface area contributed by atoms with Crippen LogP contribution < -0.4 is 15.4 Å². The van der Waals surface area contributed by atoms with E-state index >= 15 is 0 Å². The van der Waals surface area contributed by atoms with Gasteiger partial charge in [0.15, 0.2) is 0 Å². The van der Waals surface area contributed by atoms with Gasteiger partial charge in [-0.15, -0.1) is 0 Å². The van der Waals surface area contributed by atoms with Crippen molar-refractivity contribution in [3.63, 3.8) is 0 Å². The molecule has 0 fully saturated rings. The summed E-state index contributed by atoms with van der Waals surface area (Å²) in [5, 5.41) is 4.74. The van der Waals surface area contributed by atoms with Crippen LogP contribution in [-0.2, 0) is 9.59 Å². The number of ether oxygens (including phenoxy) is 1. The predicted octanol–water partition coefficient (Wildman–Crippen LogP) is 1.06. The van der Waals surface area contributed by atoms with E-state index in [0.717, 1.165) is 0 Å². The molecule has 0 aliphatic carbocycles. The second kappa shape index (κ2) is 6.28. The number of benzene rings is 1. The summed E-state index contributed by atoms with van der Waals surface area (Å²) in [6.07, 6.45) is 2.92. The Morgan fingerprint density at radius 2 is 1.75 bits per heavy atom. The van der Waals surface area contributed by atoms with Crippen molar-refractivity contribution in [1.82, 2.24) is 9.97 Å². The Kier molecular flexibility index (Phi) is 4.23. The van der Waals surface area contributed by atoms with Gasteiger partial charge in [-0.25, -0.2) is 9.97 Å². The van der Waals surface area contributed by atoms with E-state index in [9.17, 15) is 9.59 Å². The monoisotopic (exact) mass is 272 g/mol. The van der Waals surface area contributed by atoms with Crippen LogP contribution in [0.25, 0.3) is 0 Å². The van der Waals surface area contributed by atoms with E-state index < -0.39 is 11.8 Å². The lowest BCUT2D eigenvalue weighted by Crippen LogP contribution is -2.29. The normalized spacial score (nSPS) is 9.65. The molecule has 0 atom stereocenters. The van der Waals surface area contributed by atoms with E-state index in [-0.39, 0.29) is 5.95 Å². The van der Waals surface area contributed by atoms with Gasteiger partial charge in [0.05, 0.1) is 7.11 Å². The van der Waals surface area contributed by atoms with Crippen molar-refractivity contribution in [3.05, 3.63) is 42.7 Å². The number of hydrogen-bond donors (Lipinski definition) is 2. The van der Waals surface area contributed by atoms with E-state index in [1.807, 2.05) is 0 Å². The van der Waals surface area contributed by atoms with Crippen LogP contribution in [-0.4, -0.2) is 28.9 Å². The fourth-order valence-electron chi connectivity index (χ4n) is 1.41. The Bertz CT molecular complexity index is 616. The van der Waals surface area contributed by atoms with Gasteiger partial charge in [0.25, 0.3) is 0 Å². The van der Waals surface area contributed by atoms with Crippen LogP contribution >= 0.6 is 0 Å². The third-order valence-electron chi connectivity index (χ3n) is 2.32. The minimum Gasteiger partial charge on any atom is -0.497 e. The molecule has 0 saturated heterocycles. The second-order valence-electron chi connectivity index (χ2n) is 3.71. The number of methoxy groups -OCH3 is 1. The number of nitrogens with one attached hydrogen (secondary N) is 2. The molecule has 1 heterocycles. The van der Waals surface area contributed by atoms with Crippen LogP contribution in [0.2, 0.25) is 0 Å². The number of carbonyl (C=O) groups is 2. The summed E-state index contributed by atoms with van der Waals surface area (Å²) in [6.45, 7) is 0. The molecule has 2 rings (SSSR count). The van der Waals surface area contributed by atoms with Gasteiger partial charge in [-0.05, 0) is 18.2 Å². The van der Waals surface area contributed by atoms with E-state index in [1.165, 1.54) is 19.5 Å². The van der Waals surface area contributed by atoms with Crippen LogP contribution in [0.3, 0.4) is 0 Å². The van der Waals surface area contributed by atoms with Crippen molar-refractivity contribution in [2.24, 2.45) is 0 Å². The molecule has 1 aromatic carbocycles. The predicted molar refractivity (Wildman–Crippen MR) is 72.3 cm³/mol. The van der Waals surface area contributed by atoms with Crippen molar-refractivity contribution >= 4 is 23.5 Å². The molecule has 0 aliphatic rings. The Hall–Kier alpha value is -2.96. The van der Waals surface area contributed by atoms with Gasteiger partial charge in [0, 0.05) is 24.1 Å². The smallest absolute Gasteiger partial charge is 0.316 e. The first kappa shape index (κ1) is 13.5. The lowest BCUT2D eigenvalue weighted by molar-refractivity contribution is -0.133. The van der Waals surface area contributed by atoms with Gasteiger partial charge in [-0.2, -0.15) is 0 Å². The maximum Gasteiger partial charge on any atom is 0.316 e. The van der Waals surface area contributed by atoms with E-state index in [2.05, 4.69) is 20.6 Å². The van der Waals surface area contributed by atoms with Gasteiger partial charge in [-0.3, -0.25) is 14.9 Å². The van der Waals surface area contributed by atoms with Crippen molar-refractivity contribution in [2.75, 3.05) is 17.7 Å². The first-order chi connectivity index (χ1) is 9.69. The SMILES string of the molecule is COc1cccc(NC(=O)C(=O)Nc2ncccn2)c1. The van der Waals surface area contributed by atoms with Crippen molar-refractivity contribution in [2.45, 2.75) is 0 Å². The molecular formula is C13H12N4O3. The fraction of sp³-hybridized carbons (Fsp3) is 0.0769. The van der Waals surface area contributed by atoms with Gasteiger partial charge in [-0.1, -0.05) is 6.07 Å². The fourth-order valence-corrected chi connectivity index (χ4v) is 1.41. The molecule has 0 aliphatic heterocycles. The number of rotatable bonds is 3. The van der Waals surface area contributed by atoms with Crippen LogP contribution in [0, 0.1) is 0 Å². The van der Waals surface area contributed by atoms with Crippen molar-refractivity contribution in [1.29, 1.82) is 0 Å². The van der Waals surface area contributed by atoms with Gasteiger partial charge in [0.1, 0.15) is 5.75 Å². The molecule has 2 amide bonds. The summed E-state index contributed by atoms with van der Waals surface area (Å²) in [7, 11) is 1.51. The number of anilines is 2. The molecular weight excluding hydrogens is 260 g/mol. The number of carbonyl (C=O) groups excluding carboxylic acids is 2. The Labute approximate surface area is 115 Å². The lowest BCUT2D eigenvalue weighted by atomic mass is 10.3. The van der Waals surface area contributed by atoms with Crippen LogP contribution in [0.1, 0.15) is 0 Å². The third-order valence-corrected chi connectivity index (χ3v) is 2.32. The molecule has 7 nitrogen and oxygen atoms in total. The van der Waals surface area contributed by atoms with E-state index in [0.29, 0.717) is 11.4 Å². The average Bonchev–Trinajstić information content (AvgIpc) is 2.48. The Balaban J connectivity index is 1.99. The molecule has 0 spiro atoms. The minimum absolute atomic E-state index is 0.0679. The largest absolute Gasteiger partial charge is 0.497 e. The Morgan fingerprint density at radius 1 is 1.05 bits per heavy atom. The number of nitrogens with zero attached hydrogens (tertiary/aromatic N) is 2. The topological polar surface area (TPSA) is 93.2 Å². The Morgan fingerprint density at radius 3 is 2.45 bits per heavy atom. The van der Waals surface area contributed by atoms with Gasteiger partial charge in [0.2, 0.25) is 5.95 Å². The summed E-state index contributed by atoms with van der Waals surface area (Å²) in [6, 6.07) is 8.28. The summed E-state index contributed by atoms with van der Waals surface area (Å²) in [5.41, 5.74) is 0.457. The molecule has 1 aromatic heterocycles. The third kappa shape index (κ3) is 3.52. The quantitative estimate of drug-likeness (QED) is 0.815. The first-order valence-corrected chi connectivity index (χ1v) is 5.72. The lowest BCUT2D eigenvalue weighted by Gasteiger charge is -2.06. The summed E-state index contributed by atoms with van der Waals surface area (Å²) < 4.78 is 5.02. The number of amides is 2. The summed E-state index contributed by atoms with van der Waals surface area (Å²) in [4.78, 5) is 30.9. The molecule has 0 radical (unpaired) electrons. The van der Waals surface area contributed by atoms with Crippen molar-refractivity contribution in [3.8, 4) is 5.75 Å². The standard InChI is InChI=1S/C13H12N4O3/c1-20-10-5-2-4-9(8-10)16-11(18)12(19)17-13-14-6-3-7-15-13/h2-8H,1H3,(H,16,18)(H,14,15,17,19).